The molecule has 11 aromatic carbocycles. The minimum atomic E-state index is -0.190. The number of aryl methyl sites for hydroxylation is 1. The molecule has 0 unspecified atom stereocenters. The third-order valence-corrected chi connectivity index (χ3v) is 15.4. The zero-order valence-corrected chi connectivity index (χ0v) is 37.6. The average molecular weight is 829 g/mol. The van der Waals surface area contributed by atoms with Gasteiger partial charge in [0.05, 0.1) is 0 Å². The van der Waals surface area contributed by atoms with Crippen LogP contribution in [0, 0.1) is 6.92 Å². The van der Waals surface area contributed by atoms with Gasteiger partial charge >= 0.3 is 0 Å². The number of rotatable bonds is 4. The zero-order valence-electron chi connectivity index (χ0n) is 37.6. The molecule has 308 valence electrons. The van der Waals surface area contributed by atoms with Crippen molar-refractivity contribution in [3.05, 3.63) is 228 Å². The van der Waals surface area contributed by atoms with Gasteiger partial charge in [0.15, 0.2) is 0 Å². The topological polar surface area (TPSA) is 0 Å². The van der Waals surface area contributed by atoms with Gasteiger partial charge in [-0.15, -0.1) is 0 Å². The quantitative estimate of drug-likeness (QED) is 0.155. The lowest BCUT2D eigenvalue weighted by Gasteiger charge is -2.24. The Hall–Kier alpha value is -7.54. The molecular formula is C65H48. The van der Waals surface area contributed by atoms with Crippen molar-refractivity contribution in [2.75, 3.05) is 0 Å². The van der Waals surface area contributed by atoms with E-state index in [1.165, 1.54) is 138 Å². The first-order valence-corrected chi connectivity index (χ1v) is 23.2. The van der Waals surface area contributed by atoms with Gasteiger partial charge in [-0.1, -0.05) is 210 Å². The average Bonchev–Trinajstić information content (AvgIpc) is 3.71. The molecule has 0 nitrogen and oxygen atoms in total. The SMILES string of the molecule is Cc1cccc2c(-c3c4ccccc4c(-c4ccc5c(c4)C(C)(C)c4cc(-c6ccc7c(c6)C(C)(C)c6ccccc6-7)ccc4-5)c4ccccc34)c3ccccc3c(-c3ccccc3)c12. The molecule has 0 atom stereocenters. The van der Waals surface area contributed by atoms with Crippen molar-refractivity contribution in [1.29, 1.82) is 0 Å². The lowest BCUT2D eigenvalue weighted by molar-refractivity contribution is 0.659. The highest BCUT2D eigenvalue weighted by Gasteiger charge is 2.38. The minimum Gasteiger partial charge on any atom is -0.0622 e. The molecule has 13 rings (SSSR count). The molecule has 0 bridgehead atoms. The van der Waals surface area contributed by atoms with E-state index in [1.54, 1.807) is 0 Å². The van der Waals surface area contributed by atoms with Crippen molar-refractivity contribution in [3.63, 3.8) is 0 Å². The summed E-state index contributed by atoms with van der Waals surface area (Å²) in [4.78, 5) is 0. The summed E-state index contributed by atoms with van der Waals surface area (Å²) >= 11 is 0. The smallest absolute Gasteiger partial charge is 0.0159 e. The highest BCUT2D eigenvalue weighted by Crippen LogP contribution is 2.55. The summed E-state index contributed by atoms with van der Waals surface area (Å²) < 4.78 is 0. The van der Waals surface area contributed by atoms with Crippen LogP contribution in [0.25, 0.3) is 110 Å². The van der Waals surface area contributed by atoms with E-state index in [9.17, 15) is 0 Å². The Balaban J connectivity index is 0.992. The highest BCUT2D eigenvalue weighted by atomic mass is 14.4. The fourth-order valence-electron chi connectivity index (χ4n) is 12.2. The summed E-state index contributed by atoms with van der Waals surface area (Å²) in [7, 11) is 0. The summed E-state index contributed by atoms with van der Waals surface area (Å²) in [6, 6.07) is 75.7. The largest absolute Gasteiger partial charge is 0.0622 e. The van der Waals surface area contributed by atoms with Gasteiger partial charge < -0.3 is 0 Å². The van der Waals surface area contributed by atoms with Gasteiger partial charge in [0, 0.05) is 10.8 Å². The van der Waals surface area contributed by atoms with E-state index >= 15 is 0 Å². The monoisotopic (exact) mass is 828 g/mol. The van der Waals surface area contributed by atoms with E-state index < -0.39 is 0 Å². The maximum atomic E-state index is 2.51. The third kappa shape index (κ3) is 5.32. The van der Waals surface area contributed by atoms with Crippen LogP contribution in [0.1, 0.15) is 55.5 Å². The molecule has 0 amide bonds. The van der Waals surface area contributed by atoms with Crippen molar-refractivity contribution in [3.8, 4) is 66.8 Å². The summed E-state index contributed by atoms with van der Waals surface area (Å²) in [5.41, 5.74) is 22.3. The molecule has 0 radical (unpaired) electrons. The molecule has 0 aromatic heterocycles. The maximum absolute atomic E-state index is 2.51. The number of fused-ring (bicyclic) bond motifs is 10. The summed E-state index contributed by atoms with van der Waals surface area (Å²) in [6.07, 6.45) is 0. The standard InChI is InChI=1S/C65H48/c1-39-18-17-28-54-59(39)61(40-19-7-6-8-20-40)50-24-11-14-27-53(50)63(54)62-51-25-12-9-22-48(51)60(49-23-10-13-26-52(49)62)43-32-35-47-46-34-31-42(37-57(46)65(4,5)58(47)38-43)41-30-33-45-44-21-15-16-29-55(44)64(2,3)56(45)36-41/h6-38H,1-5H3. The van der Waals surface area contributed by atoms with Crippen molar-refractivity contribution in [2.24, 2.45) is 0 Å². The fraction of sp³-hybridized carbons (Fsp3) is 0.108. The van der Waals surface area contributed by atoms with Crippen molar-refractivity contribution >= 4 is 43.1 Å². The van der Waals surface area contributed by atoms with E-state index in [4.69, 9.17) is 0 Å². The number of hydrogen-bond acceptors (Lipinski definition) is 0. The van der Waals surface area contributed by atoms with Gasteiger partial charge in [-0.05, 0) is 163 Å². The number of hydrogen-bond donors (Lipinski definition) is 0. The van der Waals surface area contributed by atoms with Crippen LogP contribution >= 0.6 is 0 Å². The molecule has 11 aromatic rings. The van der Waals surface area contributed by atoms with Crippen LogP contribution in [-0.2, 0) is 10.8 Å². The van der Waals surface area contributed by atoms with Crippen molar-refractivity contribution < 1.29 is 0 Å². The lowest BCUT2D eigenvalue weighted by atomic mass is 9.78. The molecule has 0 spiro atoms. The van der Waals surface area contributed by atoms with Gasteiger partial charge in [0.25, 0.3) is 0 Å². The Morgan fingerprint density at radius 3 is 1.20 bits per heavy atom. The fourth-order valence-corrected chi connectivity index (χ4v) is 12.2. The molecule has 0 heteroatoms. The van der Waals surface area contributed by atoms with Crippen LogP contribution in [0.5, 0.6) is 0 Å². The van der Waals surface area contributed by atoms with Crippen LogP contribution in [0.15, 0.2) is 200 Å². The molecule has 0 N–H and O–H groups in total. The Kier molecular flexibility index (Phi) is 8.02. The Morgan fingerprint density at radius 1 is 0.262 bits per heavy atom. The second-order valence-corrected chi connectivity index (χ2v) is 19.6. The molecule has 0 fully saturated rings. The first-order chi connectivity index (χ1) is 31.7. The normalized spacial score (nSPS) is 14.2. The molecule has 0 saturated carbocycles. The molecule has 65 heavy (non-hydrogen) atoms. The molecule has 2 aliphatic rings. The summed E-state index contributed by atoms with van der Waals surface area (Å²) in [5, 5.41) is 10.3. The molecule has 0 heterocycles. The molecule has 0 aliphatic heterocycles. The van der Waals surface area contributed by atoms with Crippen LogP contribution in [0.4, 0.5) is 0 Å². The predicted molar refractivity (Wildman–Crippen MR) is 278 cm³/mol. The second kappa shape index (κ2) is 13.7. The van der Waals surface area contributed by atoms with Crippen LogP contribution < -0.4 is 0 Å². The molecule has 0 saturated heterocycles. The minimum absolute atomic E-state index is 0.0370. The lowest BCUT2D eigenvalue weighted by Crippen LogP contribution is -2.15. The number of benzene rings is 11. The van der Waals surface area contributed by atoms with E-state index in [0.29, 0.717) is 0 Å². The second-order valence-electron chi connectivity index (χ2n) is 19.6. The van der Waals surface area contributed by atoms with Gasteiger partial charge in [0.2, 0.25) is 0 Å². The van der Waals surface area contributed by atoms with Gasteiger partial charge in [-0.3, -0.25) is 0 Å². The van der Waals surface area contributed by atoms with Gasteiger partial charge in [-0.25, -0.2) is 0 Å². The van der Waals surface area contributed by atoms with Crippen LogP contribution in [-0.4, -0.2) is 0 Å². The van der Waals surface area contributed by atoms with E-state index in [-0.39, 0.29) is 10.8 Å². The molecule has 2 aliphatic carbocycles. The highest BCUT2D eigenvalue weighted by molar-refractivity contribution is 6.30. The summed E-state index contributed by atoms with van der Waals surface area (Å²) in [6.45, 7) is 11.9. The van der Waals surface area contributed by atoms with Gasteiger partial charge in [0.1, 0.15) is 0 Å². The Bertz CT molecular complexity index is 3760. The predicted octanol–water partition coefficient (Wildman–Crippen LogP) is 17.9. The first kappa shape index (κ1) is 38.0. The van der Waals surface area contributed by atoms with Crippen molar-refractivity contribution in [1.82, 2.24) is 0 Å². The first-order valence-electron chi connectivity index (χ1n) is 23.2. The van der Waals surface area contributed by atoms with Gasteiger partial charge in [-0.2, -0.15) is 0 Å². The van der Waals surface area contributed by atoms with E-state index in [1.807, 2.05) is 0 Å². The molecular weight excluding hydrogens is 781 g/mol. The van der Waals surface area contributed by atoms with Crippen molar-refractivity contribution in [2.45, 2.75) is 45.4 Å². The van der Waals surface area contributed by atoms with E-state index in [2.05, 4.69) is 235 Å². The Morgan fingerprint density at radius 2 is 0.646 bits per heavy atom. The maximum Gasteiger partial charge on any atom is 0.0159 e. The third-order valence-electron chi connectivity index (χ3n) is 15.4. The van der Waals surface area contributed by atoms with Crippen LogP contribution in [0.3, 0.4) is 0 Å². The van der Waals surface area contributed by atoms with Crippen LogP contribution in [0.2, 0.25) is 0 Å². The summed E-state index contributed by atoms with van der Waals surface area (Å²) in [5.74, 6) is 0. The van der Waals surface area contributed by atoms with E-state index in [0.717, 1.165) is 0 Å². The Labute approximate surface area is 381 Å². The zero-order chi connectivity index (χ0) is 43.8.